The number of nitrogens with two attached hydrogens (primary N) is 1. The van der Waals surface area contributed by atoms with E-state index in [9.17, 15) is 19.2 Å². The van der Waals surface area contributed by atoms with Crippen molar-refractivity contribution in [3.05, 3.63) is 47.2 Å². The predicted molar refractivity (Wildman–Crippen MR) is 127 cm³/mol. The molecule has 9 nitrogen and oxygen atoms in total. The Hall–Kier alpha value is -2.66. The fraction of sp³-hybridized carbons (Fsp3) is 0.476. The van der Waals surface area contributed by atoms with E-state index in [1.54, 1.807) is 4.57 Å². The third kappa shape index (κ3) is 3.95. The van der Waals surface area contributed by atoms with Crippen molar-refractivity contribution in [2.24, 2.45) is 0 Å². The monoisotopic (exact) mass is 475 g/mol. The average molecular weight is 476 g/mol. The van der Waals surface area contributed by atoms with Gasteiger partial charge in [0, 0.05) is 17.5 Å². The summed E-state index contributed by atoms with van der Waals surface area (Å²) in [4.78, 5) is 59.1. The first-order valence-corrected chi connectivity index (χ1v) is 12.4. The molecular formula is C21H25N5O4S2. The second kappa shape index (κ2) is 8.70. The number of hydrogen-bond donors (Lipinski definition) is 2. The molecule has 0 saturated heterocycles. The van der Waals surface area contributed by atoms with Gasteiger partial charge in [-0.3, -0.25) is 28.5 Å². The van der Waals surface area contributed by atoms with E-state index in [2.05, 4.69) is 9.97 Å². The zero-order valence-electron chi connectivity index (χ0n) is 18.2. The van der Waals surface area contributed by atoms with Crippen molar-refractivity contribution in [1.29, 1.82) is 0 Å². The molecular weight excluding hydrogens is 450 g/mol. The first-order chi connectivity index (χ1) is 15.2. The molecule has 170 valence electrons. The van der Waals surface area contributed by atoms with Crippen LogP contribution >= 0.6 is 23.1 Å². The lowest BCUT2D eigenvalue weighted by Gasteiger charge is -2.13. The molecule has 0 bridgehead atoms. The van der Waals surface area contributed by atoms with Crippen molar-refractivity contribution < 1.29 is 4.79 Å². The molecule has 11 heteroatoms. The number of nitrogen functional groups attached to an aromatic ring is 1. The molecule has 3 aromatic rings. The van der Waals surface area contributed by atoms with Crippen molar-refractivity contribution in [1.82, 2.24) is 19.1 Å². The van der Waals surface area contributed by atoms with E-state index in [4.69, 9.17) is 5.73 Å². The lowest BCUT2D eigenvalue weighted by atomic mass is 10.2. The maximum atomic E-state index is 13.2. The summed E-state index contributed by atoms with van der Waals surface area (Å²) < 4.78 is 2.90. The van der Waals surface area contributed by atoms with E-state index in [1.165, 1.54) is 15.9 Å². The van der Waals surface area contributed by atoms with Gasteiger partial charge in [0.25, 0.3) is 11.1 Å². The first kappa shape index (κ1) is 22.5. The quantitative estimate of drug-likeness (QED) is 0.291. The summed E-state index contributed by atoms with van der Waals surface area (Å²) in [6.07, 6.45) is 3.27. The molecule has 0 atom stereocenters. The molecule has 0 unspecified atom stereocenters. The number of hydrogen-bond acceptors (Lipinski definition) is 8. The number of carbonyl (C=O) groups is 1. The highest BCUT2D eigenvalue weighted by Crippen LogP contribution is 2.35. The Kier molecular flexibility index (Phi) is 6.13. The van der Waals surface area contributed by atoms with E-state index in [-0.39, 0.29) is 28.7 Å². The van der Waals surface area contributed by atoms with Gasteiger partial charge in [-0.15, -0.1) is 11.3 Å². The molecule has 0 aromatic carbocycles. The van der Waals surface area contributed by atoms with Gasteiger partial charge >= 0.3 is 5.69 Å². The Morgan fingerprint density at radius 2 is 2.00 bits per heavy atom. The SMILES string of the molecule is CCCCn1c(SCC(=O)c2c(N)n(C3CC3)c(=O)[nH]c2=O)nc2sc(C)c(C)c2c1=O. The number of Topliss-reactive ketones (excluding diaryl/α,β-unsaturated/α-hetero) is 1. The fourth-order valence-electron chi connectivity index (χ4n) is 3.67. The standard InChI is InChI=1S/C21H25N5O4S2/c1-4-5-8-25-19(29)14-10(2)11(3)32-18(14)24-21(25)31-9-13(27)15-16(22)26(12-6-7-12)20(30)23-17(15)28/h12H,4-9,22H2,1-3H3,(H,23,28,30). The summed E-state index contributed by atoms with van der Waals surface area (Å²) in [6.45, 7) is 6.41. The van der Waals surface area contributed by atoms with Crippen LogP contribution < -0.4 is 22.5 Å². The molecule has 0 radical (unpaired) electrons. The summed E-state index contributed by atoms with van der Waals surface area (Å²) in [7, 11) is 0. The average Bonchev–Trinajstić information content (AvgIpc) is 3.51. The normalized spacial score (nSPS) is 13.7. The zero-order chi connectivity index (χ0) is 23.2. The summed E-state index contributed by atoms with van der Waals surface area (Å²) >= 11 is 2.56. The summed E-state index contributed by atoms with van der Waals surface area (Å²) in [5.41, 5.74) is 5.28. The number of thioether (sulfide) groups is 1. The molecule has 3 aromatic heterocycles. The Balaban J connectivity index is 1.69. The Morgan fingerprint density at radius 3 is 2.66 bits per heavy atom. The maximum Gasteiger partial charge on any atom is 0.330 e. The molecule has 1 aliphatic carbocycles. The maximum absolute atomic E-state index is 13.2. The van der Waals surface area contributed by atoms with Crippen LogP contribution in [0.2, 0.25) is 0 Å². The van der Waals surface area contributed by atoms with Gasteiger partial charge in [-0.05, 0) is 38.7 Å². The fourth-order valence-corrected chi connectivity index (χ4v) is 5.63. The first-order valence-electron chi connectivity index (χ1n) is 10.5. The lowest BCUT2D eigenvalue weighted by molar-refractivity contribution is 0.102. The molecule has 0 spiro atoms. The van der Waals surface area contributed by atoms with Crippen LogP contribution in [0.5, 0.6) is 0 Å². The second-order valence-electron chi connectivity index (χ2n) is 8.00. The van der Waals surface area contributed by atoms with Gasteiger partial charge in [0.05, 0.1) is 11.1 Å². The van der Waals surface area contributed by atoms with E-state index >= 15 is 0 Å². The molecule has 0 amide bonds. The molecule has 3 heterocycles. The molecule has 1 aliphatic rings. The minimum Gasteiger partial charge on any atom is -0.384 e. The number of nitrogens with zero attached hydrogens (tertiary/aromatic N) is 3. The van der Waals surface area contributed by atoms with Crippen LogP contribution in [0.4, 0.5) is 5.82 Å². The van der Waals surface area contributed by atoms with Crippen LogP contribution in [0.1, 0.15) is 59.4 Å². The summed E-state index contributed by atoms with van der Waals surface area (Å²) in [5, 5.41) is 1.06. The zero-order valence-corrected chi connectivity index (χ0v) is 19.8. The van der Waals surface area contributed by atoms with Crippen LogP contribution in [-0.2, 0) is 6.54 Å². The van der Waals surface area contributed by atoms with Crippen molar-refractivity contribution in [3.8, 4) is 0 Å². The van der Waals surface area contributed by atoms with Crippen LogP contribution in [0.3, 0.4) is 0 Å². The van der Waals surface area contributed by atoms with Gasteiger partial charge in [0.1, 0.15) is 16.2 Å². The third-order valence-corrected chi connectivity index (χ3v) is 7.77. The van der Waals surface area contributed by atoms with Crippen LogP contribution in [0, 0.1) is 13.8 Å². The number of aryl methyl sites for hydroxylation is 2. The molecule has 4 rings (SSSR count). The van der Waals surface area contributed by atoms with E-state index in [1.807, 2.05) is 20.8 Å². The van der Waals surface area contributed by atoms with Gasteiger partial charge in [-0.2, -0.15) is 0 Å². The van der Waals surface area contributed by atoms with E-state index in [0.29, 0.717) is 21.9 Å². The minimum atomic E-state index is -0.786. The van der Waals surface area contributed by atoms with Gasteiger partial charge < -0.3 is 5.73 Å². The van der Waals surface area contributed by atoms with Crippen LogP contribution in [0.15, 0.2) is 19.5 Å². The largest absolute Gasteiger partial charge is 0.384 e. The molecule has 3 N–H and O–H groups in total. The molecule has 1 saturated carbocycles. The number of nitrogens with one attached hydrogen (secondary N) is 1. The van der Waals surface area contributed by atoms with Crippen molar-refractivity contribution in [2.75, 3.05) is 11.5 Å². The number of fused-ring (bicyclic) bond motifs is 1. The summed E-state index contributed by atoms with van der Waals surface area (Å²) in [5.74, 6) is -0.718. The number of rotatable bonds is 8. The number of thiophene rings is 1. The Morgan fingerprint density at radius 1 is 1.28 bits per heavy atom. The number of unbranched alkanes of at least 4 members (excludes halogenated alkanes) is 1. The topological polar surface area (TPSA) is 133 Å². The smallest absolute Gasteiger partial charge is 0.330 e. The van der Waals surface area contributed by atoms with Crippen LogP contribution in [0.25, 0.3) is 10.2 Å². The van der Waals surface area contributed by atoms with Gasteiger partial charge in [-0.1, -0.05) is 25.1 Å². The van der Waals surface area contributed by atoms with E-state index in [0.717, 1.165) is 47.9 Å². The summed E-state index contributed by atoms with van der Waals surface area (Å²) in [6, 6.07) is -0.0767. The Labute approximate surface area is 191 Å². The number of aromatic nitrogens is 4. The number of ketones is 1. The molecule has 0 aliphatic heterocycles. The molecule has 1 fully saturated rings. The predicted octanol–water partition coefficient (Wildman–Crippen LogP) is 2.62. The van der Waals surface area contributed by atoms with Gasteiger partial charge in [0.15, 0.2) is 10.9 Å². The van der Waals surface area contributed by atoms with E-state index < -0.39 is 17.0 Å². The number of H-pyrrole nitrogens is 1. The van der Waals surface area contributed by atoms with Crippen LogP contribution in [-0.4, -0.2) is 30.6 Å². The van der Waals surface area contributed by atoms with Gasteiger partial charge in [0.2, 0.25) is 0 Å². The second-order valence-corrected chi connectivity index (χ2v) is 10.1. The molecule has 32 heavy (non-hydrogen) atoms. The van der Waals surface area contributed by atoms with Crippen molar-refractivity contribution >= 4 is 44.9 Å². The number of carbonyl (C=O) groups excluding carboxylic acids is 1. The van der Waals surface area contributed by atoms with Crippen molar-refractivity contribution in [2.45, 2.75) is 64.2 Å². The highest BCUT2D eigenvalue weighted by Gasteiger charge is 2.30. The number of anilines is 1. The highest BCUT2D eigenvalue weighted by molar-refractivity contribution is 7.99. The Bertz CT molecular complexity index is 1390. The minimum absolute atomic E-state index is 0.0767. The highest BCUT2D eigenvalue weighted by atomic mass is 32.2. The third-order valence-electron chi connectivity index (χ3n) is 5.69. The number of aromatic amines is 1. The van der Waals surface area contributed by atoms with Crippen molar-refractivity contribution in [3.63, 3.8) is 0 Å². The lowest BCUT2D eigenvalue weighted by Crippen LogP contribution is -2.36. The van der Waals surface area contributed by atoms with Gasteiger partial charge in [-0.25, -0.2) is 9.78 Å².